The van der Waals surface area contributed by atoms with Crippen molar-refractivity contribution in [2.75, 3.05) is 0 Å². The Morgan fingerprint density at radius 3 is 2.83 bits per heavy atom. The number of hydrogen-bond donors (Lipinski definition) is 1. The number of nitrogens with one attached hydrogen (secondary N) is 1. The van der Waals surface area contributed by atoms with Crippen molar-refractivity contribution in [1.29, 1.82) is 0 Å². The summed E-state index contributed by atoms with van der Waals surface area (Å²) in [6.07, 6.45) is 1.45. The molecule has 3 nitrogen and oxygen atoms in total. The average Bonchev–Trinajstić information content (AvgIpc) is 1.72. The van der Waals surface area contributed by atoms with Crippen LogP contribution in [0.25, 0.3) is 0 Å². The van der Waals surface area contributed by atoms with Crippen molar-refractivity contribution < 1.29 is 0 Å². The molecule has 0 aromatic rings. The lowest BCUT2D eigenvalue weighted by molar-refractivity contribution is 1.12. The van der Waals surface area contributed by atoms with Crippen molar-refractivity contribution in [1.82, 2.24) is 4.83 Å². The molecule has 1 N–H and O–H groups in total. The van der Waals surface area contributed by atoms with Gasteiger partial charge in [-0.25, -0.2) is 9.82 Å². The van der Waals surface area contributed by atoms with Crippen LogP contribution in [-0.4, -0.2) is 11.9 Å². The topological polar surface area (TPSA) is 36.8 Å². The van der Waals surface area contributed by atoms with Crippen LogP contribution >= 0.6 is 11.9 Å². The molecule has 0 radical (unpaired) electrons. The van der Waals surface area contributed by atoms with E-state index in [4.69, 9.17) is 0 Å². The van der Waals surface area contributed by atoms with Gasteiger partial charge in [0.2, 0.25) is 0 Å². The molecule has 0 aliphatic carbocycles. The Bertz CT molecular complexity index is 74.8. The van der Waals surface area contributed by atoms with Gasteiger partial charge in [-0.1, -0.05) is 0 Å². The van der Waals surface area contributed by atoms with Crippen molar-refractivity contribution in [3.63, 3.8) is 0 Å². The number of nitrogens with zero attached hydrogens (tertiary/aromatic N) is 2. The minimum Gasteiger partial charge on any atom is -0.245 e. The standard InChI is InChI=1S/C2H3N3S/c1-3-2-6-5-4-1/h1-2,5H. The quantitative estimate of drug-likeness (QED) is 0.443. The van der Waals surface area contributed by atoms with Crippen LogP contribution in [0.1, 0.15) is 0 Å². The third kappa shape index (κ3) is 0.718. The van der Waals surface area contributed by atoms with Crippen molar-refractivity contribution in [3.05, 3.63) is 0 Å². The summed E-state index contributed by atoms with van der Waals surface area (Å²) >= 11 is 1.36. The molecule has 4 heteroatoms. The Balaban J connectivity index is 2.46. The molecule has 0 aromatic carbocycles. The smallest absolute Gasteiger partial charge is 0.136 e. The van der Waals surface area contributed by atoms with E-state index in [1.165, 1.54) is 18.3 Å². The highest BCUT2D eigenvalue weighted by Gasteiger charge is 1.76. The molecule has 6 heavy (non-hydrogen) atoms. The minimum atomic E-state index is 1.36. The molecular weight excluding hydrogens is 98.1 g/mol. The van der Waals surface area contributed by atoms with Crippen LogP contribution in [0.4, 0.5) is 0 Å². The Hall–Kier alpha value is -0.510. The second-order valence-electron chi connectivity index (χ2n) is 0.708. The maximum atomic E-state index is 3.66. The van der Waals surface area contributed by atoms with Crippen molar-refractivity contribution in [2.45, 2.75) is 0 Å². The Morgan fingerprint density at radius 2 is 2.67 bits per heavy atom. The zero-order valence-corrected chi connectivity index (χ0v) is 3.77. The normalized spacial score (nSPS) is 17.3. The lowest BCUT2D eigenvalue weighted by Gasteiger charge is -1.91. The molecule has 0 bridgehead atoms. The molecule has 0 amide bonds. The average molecular weight is 101 g/mol. The molecule has 0 atom stereocenters. The summed E-state index contributed by atoms with van der Waals surface area (Å²) in [6, 6.07) is 0. The van der Waals surface area contributed by atoms with Gasteiger partial charge in [0, 0.05) is 11.9 Å². The molecular formula is C2H3N3S. The molecule has 1 rings (SSSR count). The van der Waals surface area contributed by atoms with Gasteiger partial charge in [-0.15, -0.1) is 0 Å². The number of rotatable bonds is 0. The molecule has 0 saturated carbocycles. The van der Waals surface area contributed by atoms with Gasteiger partial charge in [0.1, 0.15) is 6.34 Å². The van der Waals surface area contributed by atoms with E-state index in [2.05, 4.69) is 14.9 Å². The van der Waals surface area contributed by atoms with Crippen molar-refractivity contribution in [2.24, 2.45) is 10.1 Å². The first kappa shape index (κ1) is 3.67. The highest BCUT2D eigenvalue weighted by Crippen LogP contribution is 1.87. The van der Waals surface area contributed by atoms with E-state index in [-0.39, 0.29) is 0 Å². The zero-order valence-electron chi connectivity index (χ0n) is 2.96. The van der Waals surface area contributed by atoms with Crippen molar-refractivity contribution in [3.8, 4) is 0 Å². The van der Waals surface area contributed by atoms with Gasteiger partial charge in [-0.2, -0.15) is 5.10 Å². The molecule has 0 saturated heterocycles. The minimum absolute atomic E-state index is 1.36. The highest BCUT2D eigenvalue weighted by atomic mass is 32.2. The van der Waals surface area contributed by atoms with E-state index in [0.717, 1.165) is 0 Å². The number of hydrogen-bond acceptors (Lipinski definition) is 4. The molecule has 0 aromatic heterocycles. The molecule has 0 fully saturated rings. The van der Waals surface area contributed by atoms with Crippen LogP contribution in [0.5, 0.6) is 0 Å². The van der Waals surface area contributed by atoms with Gasteiger partial charge in [0.05, 0.1) is 5.55 Å². The fourth-order valence-electron chi connectivity index (χ4n) is 0.169. The van der Waals surface area contributed by atoms with Gasteiger partial charge in [-0.05, 0) is 0 Å². The number of hydrazone groups is 1. The van der Waals surface area contributed by atoms with Crippen molar-refractivity contribution >= 4 is 23.8 Å². The van der Waals surface area contributed by atoms with E-state index in [9.17, 15) is 0 Å². The summed E-state index contributed by atoms with van der Waals surface area (Å²) in [7, 11) is 0. The van der Waals surface area contributed by atoms with Crippen LogP contribution < -0.4 is 4.83 Å². The fraction of sp³-hybridized carbons (Fsp3) is 0. The maximum Gasteiger partial charge on any atom is 0.136 e. The maximum absolute atomic E-state index is 3.66. The Kier molecular flexibility index (Phi) is 1.11. The molecule has 0 spiro atoms. The molecule has 1 aliphatic rings. The van der Waals surface area contributed by atoms with Crippen LogP contribution in [-0.2, 0) is 0 Å². The molecule has 1 aliphatic heterocycles. The number of aliphatic imine (C=N–C) groups is 1. The lowest BCUT2D eigenvalue weighted by atomic mass is 11.3. The monoisotopic (exact) mass is 101 g/mol. The van der Waals surface area contributed by atoms with E-state index in [1.54, 1.807) is 5.55 Å². The fourth-order valence-corrected chi connectivity index (χ4v) is 0.439. The summed E-state index contributed by atoms with van der Waals surface area (Å²) in [6.45, 7) is 0. The summed E-state index contributed by atoms with van der Waals surface area (Å²) < 4.78 is 0. The summed E-state index contributed by atoms with van der Waals surface area (Å²) in [5, 5.41) is 3.57. The second kappa shape index (κ2) is 1.81. The van der Waals surface area contributed by atoms with E-state index in [1.807, 2.05) is 0 Å². The van der Waals surface area contributed by atoms with Crippen LogP contribution in [0.2, 0.25) is 0 Å². The van der Waals surface area contributed by atoms with Gasteiger partial charge < -0.3 is 0 Å². The Morgan fingerprint density at radius 1 is 1.67 bits per heavy atom. The van der Waals surface area contributed by atoms with Crippen LogP contribution in [0, 0.1) is 0 Å². The van der Waals surface area contributed by atoms with Gasteiger partial charge in [-0.3, -0.25) is 0 Å². The first-order valence-corrected chi connectivity index (χ1v) is 2.32. The largest absolute Gasteiger partial charge is 0.245 e. The van der Waals surface area contributed by atoms with Crippen LogP contribution in [0.3, 0.4) is 0 Å². The first-order chi connectivity index (χ1) is 3.00. The first-order valence-electron chi connectivity index (χ1n) is 1.44. The van der Waals surface area contributed by atoms with Crippen LogP contribution in [0.15, 0.2) is 10.1 Å². The van der Waals surface area contributed by atoms with E-state index in [0.29, 0.717) is 0 Å². The third-order valence-corrected chi connectivity index (χ3v) is 0.781. The zero-order chi connectivity index (χ0) is 4.24. The van der Waals surface area contributed by atoms with Gasteiger partial charge in [0.15, 0.2) is 0 Å². The summed E-state index contributed by atoms with van der Waals surface area (Å²) in [4.78, 5) is 6.28. The van der Waals surface area contributed by atoms with Gasteiger partial charge >= 0.3 is 0 Å². The summed E-state index contributed by atoms with van der Waals surface area (Å²) in [5.41, 5.74) is 1.67. The molecule has 32 valence electrons. The predicted octanol–water partition coefficient (Wildman–Crippen LogP) is 0.209. The predicted molar refractivity (Wildman–Crippen MR) is 27.7 cm³/mol. The SMILES string of the molecule is C1=NC=NNS1. The highest BCUT2D eigenvalue weighted by molar-refractivity contribution is 8.10. The molecule has 1 heterocycles. The van der Waals surface area contributed by atoms with E-state index < -0.39 is 0 Å². The lowest BCUT2D eigenvalue weighted by Crippen LogP contribution is -1.95. The van der Waals surface area contributed by atoms with E-state index >= 15 is 0 Å². The summed E-state index contributed by atoms with van der Waals surface area (Å²) in [5.74, 6) is 0. The third-order valence-electron chi connectivity index (χ3n) is 0.343. The van der Waals surface area contributed by atoms with Gasteiger partial charge in [0.25, 0.3) is 0 Å². The Labute approximate surface area is 39.7 Å². The molecule has 0 unspecified atom stereocenters. The second-order valence-corrected chi connectivity index (χ2v) is 1.34.